The van der Waals surface area contributed by atoms with E-state index < -0.39 is 0 Å². The van der Waals surface area contributed by atoms with Crippen molar-refractivity contribution in [2.75, 3.05) is 26.7 Å². The van der Waals surface area contributed by atoms with E-state index in [1.807, 2.05) is 18.2 Å². The Balaban J connectivity index is 1.94. The van der Waals surface area contributed by atoms with E-state index in [2.05, 4.69) is 35.2 Å². The number of rotatable bonds is 6. The molecular weight excluding hydrogens is 246 g/mol. The molecule has 2 aromatic rings. The average Bonchev–Trinajstić information content (AvgIpc) is 2.72. The maximum Gasteiger partial charge on any atom is 0.0705 e. The molecule has 0 aliphatic carbocycles. The van der Waals surface area contributed by atoms with Crippen molar-refractivity contribution in [3.8, 4) is 0 Å². The lowest BCUT2D eigenvalue weighted by atomic mass is 10.2. The van der Waals surface area contributed by atoms with Gasteiger partial charge in [-0.1, -0.05) is 36.7 Å². The summed E-state index contributed by atoms with van der Waals surface area (Å²) in [5.41, 5.74) is 2.17. The number of nitrogens with one attached hydrogen (secondary N) is 2. The molecular formula is C14H20ClN3. The van der Waals surface area contributed by atoms with E-state index in [0.717, 1.165) is 47.8 Å². The summed E-state index contributed by atoms with van der Waals surface area (Å²) in [5, 5.41) is 5.35. The van der Waals surface area contributed by atoms with Crippen molar-refractivity contribution in [3.63, 3.8) is 0 Å². The fourth-order valence-electron chi connectivity index (χ4n) is 1.93. The summed E-state index contributed by atoms with van der Waals surface area (Å²) in [6, 6.07) is 8.12. The molecule has 0 saturated heterocycles. The van der Waals surface area contributed by atoms with Crippen molar-refractivity contribution in [2.24, 2.45) is 0 Å². The lowest BCUT2D eigenvalue weighted by molar-refractivity contribution is 0.348. The van der Waals surface area contributed by atoms with Crippen LogP contribution in [-0.2, 0) is 6.54 Å². The lowest BCUT2D eigenvalue weighted by Gasteiger charge is -2.13. The number of hydrogen-bond acceptors (Lipinski definition) is 2. The van der Waals surface area contributed by atoms with Crippen molar-refractivity contribution in [2.45, 2.75) is 13.5 Å². The van der Waals surface area contributed by atoms with Crippen LogP contribution in [0, 0.1) is 0 Å². The summed E-state index contributed by atoms with van der Waals surface area (Å²) in [6.07, 6.45) is 0. The second-order valence-electron chi connectivity index (χ2n) is 4.54. The molecule has 1 aromatic heterocycles. The molecule has 0 amide bonds. The molecule has 0 aliphatic rings. The van der Waals surface area contributed by atoms with Gasteiger partial charge in [-0.2, -0.15) is 0 Å². The van der Waals surface area contributed by atoms with Crippen LogP contribution in [0.15, 0.2) is 24.3 Å². The molecule has 0 bridgehead atoms. The SMILES string of the molecule is CCN(C)CCNCc1[nH]c2ccccc2c1Cl. The number of halogens is 1. The molecule has 0 spiro atoms. The van der Waals surface area contributed by atoms with Crippen molar-refractivity contribution in [3.05, 3.63) is 35.0 Å². The highest BCUT2D eigenvalue weighted by Gasteiger charge is 2.07. The summed E-state index contributed by atoms with van der Waals surface area (Å²) in [5.74, 6) is 0. The molecule has 0 radical (unpaired) electrons. The maximum atomic E-state index is 6.34. The number of hydrogen-bond donors (Lipinski definition) is 2. The number of aromatic amines is 1. The molecule has 98 valence electrons. The third kappa shape index (κ3) is 3.05. The highest BCUT2D eigenvalue weighted by molar-refractivity contribution is 6.36. The van der Waals surface area contributed by atoms with Gasteiger partial charge in [-0.25, -0.2) is 0 Å². The molecule has 0 atom stereocenters. The van der Waals surface area contributed by atoms with Gasteiger partial charge in [0.1, 0.15) is 0 Å². The minimum atomic E-state index is 0.783. The van der Waals surface area contributed by atoms with Gasteiger partial charge < -0.3 is 15.2 Å². The molecule has 0 saturated carbocycles. The first kappa shape index (κ1) is 13.4. The summed E-state index contributed by atoms with van der Waals surface area (Å²) < 4.78 is 0. The highest BCUT2D eigenvalue weighted by atomic mass is 35.5. The van der Waals surface area contributed by atoms with Crippen LogP contribution in [-0.4, -0.2) is 36.6 Å². The van der Waals surface area contributed by atoms with Crippen LogP contribution in [0.25, 0.3) is 10.9 Å². The van der Waals surface area contributed by atoms with Crippen LogP contribution in [0.5, 0.6) is 0 Å². The quantitative estimate of drug-likeness (QED) is 0.787. The third-order valence-electron chi connectivity index (χ3n) is 3.23. The normalized spacial score (nSPS) is 11.6. The fourth-order valence-corrected chi connectivity index (χ4v) is 2.21. The number of likely N-dealkylation sites (N-methyl/N-ethyl adjacent to an activating group) is 1. The van der Waals surface area contributed by atoms with Gasteiger partial charge in [-0.05, 0) is 19.7 Å². The third-order valence-corrected chi connectivity index (χ3v) is 3.66. The van der Waals surface area contributed by atoms with Crippen LogP contribution >= 0.6 is 11.6 Å². The summed E-state index contributed by atoms with van der Waals surface area (Å²) >= 11 is 6.34. The van der Waals surface area contributed by atoms with Crippen molar-refractivity contribution < 1.29 is 0 Å². The van der Waals surface area contributed by atoms with Crippen LogP contribution < -0.4 is 5.32 Å². The molecule has 0 fully saturated rings. The van der Waals surface area contributed by atoms with E-state index >= 15 is 0 Å². The lowest BCUT2D eigenvalue weighted by Crippen LogP contribution is -2.28. The first-order valence-electron chi connectivity index (χ1n) is 6.36. The van der Waals surface area contributed by atoms with E-state index in [0.29, 0.717) is 0 Å². The Morgan fingerprint density at radius 3 is 2.83 bits per heavy atom. The van der Waals surface area contributed by atoms with Crippen LogP contribution in [0.2, 0.25) is 5.02 Å². The van der Waals surface area contributed by atoms with Gasteiger partial charge in [0, 0.05) is 36.2 Å². The zero-order valence-corrected chi connectivity index (χ0v) is 11.7. The molecule has 0 aliphatic heterocycles. The molecule has 1 aromatic carbocycles. The van der Waals surface area contributed by atoms with Crippen LogP contribution in [0.3, 0.4) is 0 Å². The Hall–Kier alpha value is -1.03. The number of fused-ring (bicyclic) bond motifs is 1. The van der Waals surface area contributed by atoms with Crippen LogP contribution in [0.4, 0.5) is 0 Å². The van der Waals surface area contributed by atoms with Gasteiger partial charge in [-0.15, -0.1) is 0 Å². The van der Waals surface area contributed by atoms with Gasteiger partial charge in [-0.3, -0.25) is 0 Å². The van der Waals surface area contributed by atoms with E-state index in [-0.39, 0.29) is 0 Å². The van der Waals surface area contributed by atoms with E-state index in [9.17, 15) is 0 Å². The fraction of sp³-hybridized carbons (Fsp3) is 0.429. The standard InChI is InChI=1S/C14H20ClN3/c1-3-18(2)9-8-16-10-13-14(15)11-6-4-5-7-12(11)17-13/h4-7,16-17H,3,8-10H2,1-2H3. The smallest absolute Gasteiger partial charge is 0.0705 e. The van der Waals surface area contributed by atoms with E-state index in [4.69, 9.17) is 11.6 Å². The largest absolute Gasteiger partial charge is 0.356 e. The molecule has 2 rings (SSSR count). The second kappa shape index (κ2) is 6.23. The summed E-state index contributed by atoms with van der Waals surface area (Å²) in [6.45, 7) is 6.04. The molecule has 2 N–H and O–H groups in total. The molecule has 0 unspecified atom stereocenters. The molecule has 4 heteroatoms. The summed E-state index contributed by atoms with van der Waals surface area (Å²) in [4.78, 5) is 5.64. The molecule has 1 heterocycles. The maximum absolute atomic E-state index is 6.34. The Kier molecular flexibility index (Phi) is 4.64. The Labute approximate surface area is 113 Å². The Bertz CT molecular complexity index is 507. The second-order valence-corrected chi connectivity index (χ2v) is 4.91. The van der Waals surface area contributed by atoms with Crippen molar-refractivity contribution in [1.29, 1.82) is 0 Å². The predicted octanol–water partition coefficient (Wildman–Crippen LogP) is 2.86. The van der Waals surface area contributed by atoms with Crippen LogP contribution in [0.1, 0.15) is 12.6 Å². The molecule has 3 nitrogen and oxygen atoms in total. The first-order valence-corrected chi connectivity index (χ1v) is 6.74. The van der Waals surface area contributed by atoms with Gasteiger partial charge in [0.2, 0.25) is 0 Å². The Morgan fingerprint density at radius 1 is 1.33 bits per heavy atom. The minimum Gasteiger partial charge on any atom is -0.356 e. The zero-order valence-electron chi connectivity index (χ0n) is 11.0. The number of aromatic nitrogens is 1. The molecule has 18 heavy (non-hydrogen) atoms. The monoisotopic (exact) mass is 265 g/mol. The van der Waals surface area contributed by atoms with Gasteiger partial charge >= 0.3 is 0 Å². The van der Waals surface area contributed by atoms with Gasteiger partial charge in [0.15, 0.2) is 0 Å². The topological polar surface area (TPSA) is 31.1 Å². The number of para-hydroxylation sites is 1. The van der Waals surface area contributed by atoms with Gasteiger partial charge in [0.25, 0.3) is 0 Å². The van der Waals surface area contributed by atoms with Gasteiger partial charge in [0.05, 0.1) is 5.02 Å². The predicted molar refractivity (Wildman–Crippen MR) is 78.2 cm³/mol. The van der Waals surface area contributed by atoms with Crippen molar-refractivity contribution >= 4 is 22.5 Å². The Morgan fingerprint density at radius 2 is 2.11 bits per heavy atom. The highest BCUT2D eigenvalue weighted by Crippen LogP contribution is 2.26. The summed E-state index contributed by atoms with van der Waals surface area (Å²) in [7, 11) is 2.12. The average molecular weight is 266 g/mol. The number of H-pyrrole nitrogens is 1. The zero-order chi connectivity index (χ0) is 13.0. The number of benzene rings is 1. The van der Waals surface area contributed by atoms with E-state index in [1.54, 1.807) is 0 Å². The number of nitrogens with zero attached hydrogens (tertiary/aromatic N) is 1. The minimum absolute atomic E-state index is 0.783. The van der Waals surface area contributed by atoms with Crippen molar-refractivity contribution in [1.82, 2.24) is 15.2 Å². The first-order chi connectivity index (χ1) is 8.72. The van der Waals surface area contributed by atoms with E-state index in [1.165, 1.54) is 0 Å².